The number of hydrogen-bond donors (Lipinski definition) is 0. The zero-order valence-corrected chi connectivity index (χ0v) is 8.56. The van der Waals surface area contributed by atoms with Crippen molar-refractivity contribution in [3.8, 4) is 0 Å². The molecule has 1 aromatic rings. The molecule has 2 rings (SSSR count). The van der Waals surface area contributed by atoms with Crippen LogP contribution in [0.15, 0.2) is 18.3 Å². The largest absolute Gasteiger partial charge is 0.341 e. The molecule has 4 heteroatoms. The van der Waals surface area contributed by atoms with Gasteiger partial charge in [-0.2, -0.15) is 0 Å². The van der Waals surface area contributed by atoms with Gasteiger partial charge in [0.25, 0.3) is 0 Å². The van der Waals surface area contributed by atoms with Crippen molar-refractivity contribution in [1.82, 2.24) is 9.47 Å². The van der Waals surface area contributed by atoms with Crippen molar-refractivity contribution in [3.63, 3.8) is 0 Å². The lowest BCUT2D eigenvalue weighted by molar-refractivity contribution is -0.130. The van der Waals surface area contributed by atoms with E-state index in [1.807, 2.05) is 4.90 Å². The summed E-state index contributed by atoms with van der Waals surface area (Å²) in [4.78, 5) is 24.3. The van der Waals surface area contributed by atoms with Gasteiger partial charge in [0.2, 0.25) is 5.91 Å². The maximum Gasteiger partial charge on any atom is 0.242 e. The Morgan fingerprint density at radius 2 is 2.13 bits per heavy atom. The highest BCUT2D eigenvalue weighted by Gasteiger charge is 2.18. The number of amides is 1. The molecule has 1 saturated heterocycles. The molecule has 0 radical (unpaired) electrons. The van der Waals surface area contributed by atoms with Crippen molar-refractivity contribution in [2.75, 3.05) is 13.1 Å². The summed E-state index contributed by atoms with van der Waals surface area (Å²) in [5, 5.41) is 0. The normalized spacial score (nSPS) is 15.6. The van der Waals surface area contributed by atoms with E-state index in [0.29, 0.717) is 5.69 Å². The lowest BCUT2D eigenvalue weighted by Gasteiger charge is -2.15. The third-order valence-electron chi connectivity index (χ3n) is 2.75. The molecule has 0 N–H and O–H groups in total. The fourth-order valence-corrected chi connectivity index (χ4v) is 1.89. The lowest BCUT2D eigenvalue weighted by Crippen LogP contribution is -2.31. The van der Waals surface area contributed by atoms with E-state index >= 15 is 0 Å². The summed E-state index contributed by atoms with van der Waals surface area (Å²) in [6.07, 6.45) is 4.73. The van der Waals surface area contributed by atoms with Crippen molar-refractivity contribution < 1.29 is 9.59 Å². The van der Waals surface area contributed by atoms with E-state index in [0.717, 1.165) is 32.2 Å². The number of likely N-dealkylation sites (tertiary alicyclic amines) is 1. The number of carbonyl (C=O) groups excluding carboxylic acids is 2. The predicted octanol–water partition coefficient (Wildman–Crippen LogP) is 0.923. The molecule has 4 nitrogen and oxygen atoms in total. The van der Waals surface area contributed by atoms with Crippen LogP contribution in [0.5, 0.6) is 0 Å². The first-order chi connectivity index (χ1) is 7.31. The van der Waals surface area contributed by atoms with E-state index < -0.39 is 0 Å². The topological polar surface area (TPSA) is 42.3 Å². The zero-order chi connectivity index (χ0) is 10.7. The van der Waals surface area contributed by atoms with Gasteiger partial charge in [0, 0.05) is 19.3 Å². The van der Waals surface area contributed by atoms with Gasteiger partial charge < -0.3 is 9.47 Å². The van der Waals surface area contributed by atoms with Gasteiger partial charge in [0.15, 0.2) is 6.29 Å². The molecule has 0 saturated carbocycles. The number of nitrogens with zero attached hydrogens (tertiary/aromatic N) is 2. The molecule has 0 aliphatic carbocycles. The molecule has 1 fully saturated rings. The van der Waals surface area contributed by atoms with Crippen molar-refractivity contribution in [2.45, 2.75) is 19.4 Å². The molecule has 0 spiro atoms. The fraction of sp³-hybridized carbons (Fsp3) is 0.455. The molecule has 0 aromatic carbocycles. The fourth-order valence-electron chi connectivity index (χ4n) is 1.89. The van der Waals surface area contributed by atoms with E-state index in [1.54, 1.807) is 22.9 Å². The summed E-state index contributed by atoms with van der Waals surface area (Å²) in [5.74, 6) is 0.104. The molecule has 80 valence electrons. The molecule has 1 aliphatic heterocycles. The molecule has 0 bridgehead atoms. The lowest BCUT2D eigenvalue weighted by atomic mass is 10.4. The van der Waals surface area contributed by atoms with Crippen molar-refractivity contribution in [2.24, 2.45) is 0 Å². The highest BCUT2D eigenvalue weighted by molar-refractivity contribution is 5.78. The number of carbonyl (C=O) groups is 2. The van der Waals surface area contributed by atoms with Crippen LogP contribution in [-0.2, 0) is 11.3 Å². The molecule has 1 aliphatic rings. The maximum absolute atomic E-state index is 11.8. The van der Waals surface area contributed by atoms with E-state index in [1.165, 1.54) is 0 Å². The number of hydrogen-bond acceptors (Lipinski definition) is 2. The van der Waals surface area contributed by atoms with Crippen LogP contribution >= 0.6 is 0 Å². The van der Waals surface area contributed by atoms with Gasteiger partial charge in [0.1, 0.15) is 6.54 Å². The Balaban J connectivity index is 2.01. The van der Waals surface area contributed by atoms with Crippen LogP contribution in [0.25, 0.3) is 0 Å². The minimum absolute atomic E-state index is 0.104. The number of aldehydes is 1. The molecular weight excluding hydrogens is 192 g/mol. The molecule has 1 amide bonds. The van der Waals surface area contributed by atoms with Gasteiger partial charge in [-0.15, -0.1) is 0 Å². The monoisotopic (exact) mass is 206 g/mol. The third-order valence-corrected chi connectivity index (χ3v) is 2.75. The first-order valence-electron chi connectivity index (χ1n) is 5.19. The van der Waals surface area contributed by atoms with Crippen LogP contribution in [0.2, 0.25) is 0 Å². The molecular formula is C11H14N2O2. The third kappa shape index (κ3) is 2.09. The Morgan fingerprint density at radius 3 is 2.80 bits per heavy atom. The average molecular weight is 206 g/mol. The molecule has 0 atom stereocenters. The van der Waals surface area contributed by atoms with Crippen molar-refractivity contribution in [1.29, 1.82) is 0 Å². The average Bonchev–Trinajstić information content (AvgIpc) is 2.87. The summed E-state index contributed by atoms with van der Waals surface area (Å²) in [6.45, 7) is 1.99. The predicted molar refractivity (Wildman–Crippen MR) is 55.6 cm³/mol. The van der Waals surface area contributed by atoms with Crippen LogP contribution in [0.3, 0.4) is 0 Å². The Kier molecular flexibility index (Phi) is 2.85. The standard InChI is InChI=1S/C11H14N2O2/c14-9-10-4-3-7-13(10)8-11(15)12-5-1-2-6-12/h3-4,7,9H,1-2,5-6,8H2. The van der Waals surface area contributed by atoms with Gasteiger partial charge in [-0.3, -0.25) is 9.59 Å². The van der Waals surface area contributed by atoms with Crippen LogP contribution in [0.1, 0.15) is 23.3 Å². The summed E-state index contributed by atoms with van der Waals surface area (Å²) >= 11 is 0. The van der Waals surface area contributed by atoms with Gasteiger partial charge in [-0.05, 0) is 25.0 Å². The Morgan fingerprint density at radius 1 is 1.40 bits per heavy atom. The molecule has 2 heterocycles. The first kappa shape index (κ1) is 9.96. The quantitative estimate of drug-likeness (QED) is 0.690. The van der Waals surface area contributed by atoms with Gasteiger partial charge in [-0.1, -0.05) is 0 Å². The van der Waals surface area contributed by atoms with Crippen molar-refractivity contribution in [3.05, 3.63) is 24.0 Å². The minimum atomic E-state index is 0.104. The Bertz CT molecular complexity index is 364. The van der Waals surface area contributed by atoms with Crippen LogP contribution in [-0.4, -0.2) is 34.7 Å². The van der Waals surface area contributed by atoms with Crippen molar-refractivity contribution >= 4 is 12.2 Å². The van der Waals surface area contributed by atoms with E-state index in [-0.39, 0.29) is 12.5 Å². The second-order valence-electron chi connectivity index (χ2n) is 3.77. The smallest absolute Gasteiger partial charge is 0.242 e. The van der Waals surface area contributed by atoms with E-state index in [2.05, 4.69) is 0 Å². The number of rotatable bonds is 3. The highest BCUT2D eigenvalue weighted by Crippen LogP contribution is 2.09. The second kappa shape index (κ2) is 4.29. The summed E-state index contributed by atoms with van der Waals surface area (Å²) < 4.78 is 1.69. The first-order valence-corrected chi connectivity index (χ1v) is 5.19. The SMILES string of the molecule is O=Cc1cccn1CC(=O)N1CCCC1. The molecule has 1 aromatic heterocycles. The highest BCUT2D eigenvalue weighted by atomic mass is 16.2. The maximum atomic E-state index is 11.8. The minimum Gasteiger partial charge on any atom is -0.341 e. The van der Waals surface area contributed by atoms with Gasteiger partial charge >= 0.3 is 0 Å². The van der Waals surface area contributed by atoms with Crippen LogP contribution in [0.4, 0.5) is 0 Å². The summed E-state index contributed by atoms with van der Waals surface area (Å²) in [7, 11) is 0. The zero-order valence-electron chi connectivity index (χ0n) is 8.56. The van der Waals surface area contributed by atoms with E-state index in [9.17, 15) is 9.59 Å². The second-order valence-corrected chi connectivity index (χ2v) is 3.77. The van der Waals surface area contributed by atoms with Crippen LogP contribution in [0, 0.1) is 0 Å². The Labute approximate surface area is 88.5 Å². The molecule has 15 heavy (non-hydrogen) atoms. The summed E-state index contributed by atoms with van der Waals surface area (Å²) in [5.41, 5.74) is 0.558. The Hall–Kier alpha value is -1.58. The van der Waals surface area contributed by atoms with Gasteiger partial charge in [-0.25, -0.2) is 0 Å². The number of aromatic nitrogens is 1. The van der Waals surface area contributed by atoms with Crippen LogP contribution < -0.4 is 0 Å². The van der Waals surface area contributed by atoms with Gasteiger partial charge in [0.05, 0.1) is 5.69 Å². The molecule has 0 unspecified atom stereocenters. The van der Waals surface area contributed by atoms with E-state index in [4.69, 9.17) is 0 Å². The summed E-state index contributed by atoms with van der Waals surface area (Å²) in [6, 6.07) is 3.49.